The van der Waals surface area contributed by atoms with Gasteiger partial charge in [-0.2, -0.15) is 5.10 Å². The van der Waals surface area contributed by atoms with Gasteiger partial charge in [-0.15, -0.1) is 0 Å². The van der Waals surface area contributed by atoms with E-state index in [1.165, 1.54) is 12.1 Å². The van der Waals surface area contributed by atoms with Gasteiger partial charge in [0.15, 0.2) is 0 Å². The molecular formula is C14H10FN3. The molecule has 0 saturated carbocycles. The van der Waals surface area contributed by atoms with Crippen LogP contribution < -0.4 is 0 Å². The number of fused-ring (bicyclic) bond motifs is 1. The fourth-order valence-corrected chi connectivity index (χ4v) is 1.91. The van der Waals surface area contributed by atoms with E-state index in [4.69, 9.17) is 0 Å². The first-order valence-corrected chi connectivity index (χ1v) is 5.50. The van der Waals surface area contributed by atoms with Gasteiger partial charge in [0.2, 0.25) is 0 Å². The Morgan fingerprint density at radius 3 is 2.61 bits per heavy atom. The summed E-state index contributed by atoms with van der Waals surface area (Å²) in [4.78, 5) is 4.15. The summed E-state index contributed by atoms with van der Waals surface area (Å²) in [5.41, 5.74) is 2.61. The molecule has 3 nitrogen and oxygen atoms in total. The molecule has 0 unspecified atom stereocenters. The zero-order valence-electron chi connectivity index (χ0n) is 9.55. The number of aromatic nitrogens is 3. The molecule has 0 bridgehead atoms. The fourth-order valence-electron chi connectivity index (χ4n) is 1.91. The van der Waals surface area contributed by atoms with Crippen molar-refractivity contribution < 1.29 is 4.39 Å². The lowest BCUT2D eigenvalue weighted by Crippen LogP contribution is -1.96. The summed E-state index contributed by atoms with van der Waals surface area (Å²) < 4.78 is 14.6. The fraction of sp³-hybridized carbons (Fsp3) is 0. The maximum absolute atomic E-state index is 12.9. The molecule has 88 valence electrons. The molecule has 4 heteroatoms. The highest BCUT2D eigenvalue weighted by atomic mass is 19.1. The van der Waals surface area contributed by atoms with Gasteiger partial charge in [-0.3, -0.25) is 4.98 Å². The van der Waals surface area contributed by atoms with Crippen molar-refractivity contribution >= 4 is 17.0 Å². The van der Waals surface area contributed by atoms with E-state index in [9.17, 15) is 4.39 Å². The molecule has 3 aromatic rings. The lowest BCUT2D eigenvalue weighted by molar-refractivity contribution is 0.627. The van der Waals surface area contributed by atoms with E-state index in [2.05, 4.69) is 16.7 Å². The summed E-state index contributed by atoms with van der Waals surface area (Å²) >= 11 is 0. The Kier molecular flexibility index (Phi) is 2.41. The molecule has 0 radical (unpaired) electrons. The van der Waals surface area contributed by atoms with Crippen molar-refractivity contribution in [1.29, 1.82) is 0 Å². The Hall–Kier alpha value is -2.49. The van der Waals surface area contributed by atoms with Crippen molar-refractivity contribution in [3.63, 3.8) is 0 Å². The Balaban J connectivity index is 2.24. The molecule has 0 saturated heterocycles. The highest BCUT2D eigenvalue weighted by Gasteiger charge is 2.07. The minimum absolute atomic E-state index is 0.264. The normalized spacial score (nSPS) is 10.7. The third-order valence-electron chi connectivity index (χ3n) is 2.82. The number of hydrogen-bond donors (Lipinski definition) is 0. The van der Waals surface area contributed by atoms with Crippen LogP contribution >= 0.6 is 0 Å². The van der Waals surface area contributed by atoms with Gasteiger partial charge in [0.25, 0.3) is 0 Å². The molecule has 0 amide bonds. The maximum atomic E-state index is 12.9. The summed E-state index contributed by atoms with van der Waals surface area (Å²) in [5, 5.41) is 5.29. The van der Waals surface area contributed by atoms with Crippen molar-refractivity contribution in [3.05, 3.63) is 60.8 Å². The van der Waals surface area contributed by atoms with E-state index in [0.29, 0.717) is 0 Å². The van der Waals surface area contributed by atoms with E-state index < -0.39 is 0 Å². The zero-order valence-corrected chi connectivity index (χ0v) is 9.55. The van der Waals surface area contributed by atoms with Gasteiger partial charge < -0.3 is 0 Å². The lowest BCUT2D eigenvalue weighted by Gasteiger charge is -2.03. The second-order valence-corrected chi connectivity index (χ2v) is 3.90. The second kappa shape index (κ2) is 4.07. The first-order valence-electron chi connectivity index (χ1n) is 5.50. The summed E-state index contributed by atoms with van der Waals surface area (Å²) in [5.74, 6) is -0.264. The molecule has 2 heterocycles. The Morgan fingerprint density at radius 1 is 1.11 bits per heavy atom. The monoisotopic (exact) mass is 239 g/mol. The SMILES string of the molecule is C=Cc1cncc2c1cnn2-c1ccc(F)cc1. The Bertz CT molecular complexity index is 713. The Morgan fingerprint density at radius 2 is 1.89 bits per heavy atom. The van der Waals surface area contributed by atoms with Crippen LogP contribution in [0.4, 0.5) is 4.39 Å². The number of hydrogen-bond acceptors (Lipinski definition) is 2. The topological polar surface area (TPSA) is 30.7 Å². The van der Waals surface area contributed by atoms with Gasteiger partial charge >= 0.3 is 0 Å². The smallest absolute Gasteiger partial charge is 0.123 e. The van der Waals surface area contributed by atoms with Crippen LogP contribution in [-0.4, -0.2) is 14.8 Å². The number of pyridine rings is 1. The number of rotatable bonds is 2. The van der Waals surface area contributed by atoms with Crippen molar-refractivity contribution in [2.75, 3.05) is 0 Å². The van der Waals surface area contributed by atoms with Crippen molar-refractivity contribution in [2.45, 2.75) is 0 Å². The molecular weight excluding hydrogens is 229 g/mol. The molecule has 0 atom stereocenters. The summed E-state index contributed by atoms with van der Waals surface area (Å²) in [7, 11) is 0. The quantitative estimate of drug-likeness (QED) is 0.687. The number of halogens is 1. The molecule has 0 aliphatic heterocycles. The highest BCUT2D eigenvalue weighted by molar-refractivity contribution is 5.87. The van der Waals surface area contributed by atoms with Crippen LogP contribution in [0.2, 0.25) is 0 Å². The van der Waals surface area contributed by atoms with E-state index in [1.807, 2.05) is 0 Å². The largest absolute Gasteiger partial charge is 0.262 e. The third-order valence-corrected chi connectivity index (χ3v) is 2.82. The van der Waals surface area contributed by atoms with E-state index in [1.54, 1.807) is 41.5 Å². The van der Waals surface area contributed by atoms with Gasteiger partial charge in [-0.25, -0.2) is 9.07 Å². The predicted octanol–water partition coefficient (Wildman–Crippen LogP) is 3.20. The van der Waals surface area contributed by atoms with Crippen LogP contribution in [0.25, 0.3) is 22.7 Å². The van der Waals surface area contributed by atoms with Gasteiger partial charge in [0, 0.05) is 17.1 Å². The average Bonchev–Trinajstić information content (AvgIpc) is 2.83. The first kappa shape index (κ1) is 10.7. The number of benzene rings is 1. The van der Waals surface area contributed by atoms with Crippen LogP contribution in [0, 0.1) is 5.82 Å². The van der Waals surface area contributed by atoms with Gasteiger partial charge in [-0.1, -0.05) is 12.7 Å². The number of nitrogens with zero attached hydrogens (tertiary/aromatic N) is 3. The van der Waals surface area contributed by atoms with Gasteiger partial charge in [0.05, 0.1) is 23.6 Å². The maximum Gasteiger partial charge on any atom is 0.123 e. The molecule has 0 N–H and O–H groups in total. The van der Waals surface area contributed by atoms with Crippen molar-refractivity contribution in [3.8, 4) is 5.69 Å². The molecule has 0 aliphatic rings. The van der Waals surface area contributed by atoms with Crippen LogP contribution in [0.15, 0.2) is 49.4 Å². The third kappa shape index (κ3) is 1.59. The van der Waals surface area contributed by atoms with E-state index in [0.717, 1.165) is 22.2 Å². The summed E-state index contributed by atoms with van der Waals surface area (Å²) in [6.07, 6.45) is 6.98. The molecule has 0 aliphatic carbocycles. The molecule has 3 rings (SSSR count). The van der Waals surface area contributed by atoms with Gasteiger partial charge in [-0.05, 0) is 24.3 Å². The average molecular weight is 239 g/mol. The summed E-state index contributed by atoms with van der Waals surface area (Å²) in [6, 6.07) is 6.19. The van der Waals surface area contributed by atoms with Gasteiger partial charge in [0.1, 0.15) is 5.82 Å². The second-order valence-electron chi connectivity index (χ2n) is 3.90. The van der Waals surface area contributed by atoms with Crippen LogP contribution in [-0.2, 0) is 0 Å². The molecule has 2 aromatic heterocycles. The Labute approximate surface area is 103 Å². The predicted molar refractivity (Wildman–Crippen MR) is 68.9 cm³/mol. The molecule has 0 spiro atoms. The standard InChI is InChI=1S/C14H10FN3/c1-2-10-7-16-9-14-13(10)8-17-18(14)12-5-3-11(15)4-6-12/h2-9H,1H2. The van der Waals surface area contributed by atoms with Crippen LogP contribution in [0.1, 0.15) is 5.56 Å². The molecule has 0 fully saturated rings. The molecule has 18 heavy (non-hydrogen) atoms. The first-order chi connectivity index (χ1) is 8.79. The highest BCUT2D eigenvalue weighted by Crippen LogP contribution is 2.21. The van der Waals surface area contributed by atoms with E-state index >= 15 is 0 Å². The lowest BCUT2D eigenvalue weighted by atomic mass is 10.2. The minimum atomic E-state index is -0.264. The molecule has 1 aromatic carbocycles. The van der Waals surface area contributed by atoms with Crippen LogP contribution in [0.3, 0.4) is 0 Å². The zero-order chi connectivity index (χ0) is 12.5. The van der Waals surface area contributed by atoms with Crippen LogP contribution in [0.5, 0.6) is 0 Å². The minimum Gasteiger partial charge on any atom is -0.262 e. The summed E-state index contributed by atoms with van der Waals surface area (Å²) in [6.45, 7) is 3.75. The van der Waals surface area contributed by atoms with Crippen molar-refractivity contribution in [2.24, 2.45) is 0 Å². The van der Waals surface area contributed by atoms with E-state index in [-0.39, 0.29) is 5.82 Å². The van der Waals surface area contributed by atoms with Crippen molar-refractivity contribution in [1.82, 2.24) is 14.8 Å².